The molecule has 1 aliphatic rings. The molecule has 0 radical (unpaired) electrons. The number of nitrogens with zero attached hydrogens (tertiary/aromatic N) is 1. The molecule has 1 saturated carbocycles. The van der Waals surface area contributed by atoms with Gasteiger partial charge in [-0.05, 0) is 30.9 Å². The maximum absolute atomic E-state index is 11.7. The van der Waals surface area contributed by atoms with Gasteiger partial charge in [-0.1, -0.05) is 19.8 Å². The molecular formula is C15H20N2O4. The summed E-state index contributed by atoms with van der Waals surface area (Å²) in [5, 5.41) is 12.6. The Morgan fingerprint density at radius 1 is 1.52 bits per heavy atom. The number of pyridine rings is 1. The van der Waals surface area contributed by atoms with E-state index in [0.717, 1.165) is 12.8 Å². The lowest BCUT2D eigenvalue weighted by Gasteiger charge is -2.37. The molecule has 21 heavy (non-hydrogen) atoms. The number of hydrogen-bond acceptors (Lipinski definition) is 5. The normalized spacial score (nSPS) is 25.1. The fraction of sp³-hybridized carbons (Fsp3) is 0.533. The third kappa shape index (κ3) is 3.32. The lowest BCUT2D eigenvalue weighted by atomic mass is 9.76. The molecule has 0 saturated heterocycles. The van der Waals surface area contributed by atoms with Gasteiger partial charge in [0.15, 0.2) is 0 Å². The van der Waals surface area contributed by atoms with Crippen molar-refractivity contribution < 1.29 is 19.4 Å². The summed E-state index contributed by atoms with van der Waals surface area (Å²) in [6.07, 6.45) is 4.46. The van der Waals surface area contributed by atoms with E-state index in [0.29, 0.717) is 30.1 Å². The van der Waals surface area contributed by atoms with Gasteiger partial charge in [-0.2, -0.15) is 0 Å². The molecule has 2 atom stereocenters. The van der Waals surface area contributed by atoms with Gasteiger partial charge in [0.25, 0.3) is 0 Å². The van der Waals surface area contributed by atoms with E-state index in [1.165, 1.54) is 25.4 Å². The van der Waals surface area contributed by atoms with Crippen molar-refractivity contribution in [1.29, 1.82) is 0 Å². The number of hydrogen-bond donors (Lipinski definition) is 2. The second kappa shape index (κ2) is 6.11. The first kappa shape index (κ1) is 15.3. The van der Waals surface area contributed by atoms with Gasteiger partial charge < -0.3 is 15.2 Å². The highest BCUT2D eigenvalue weighted by Gasteiger charge is 2.42. The van der Waals surface area contributed by atoms with Crippen molar-refractivity contribution in [3.8, 4) is 0 Å². The van der Waals surface area contributed by atoms with Crippen LogP contribution in [-0.4, -0.2) is 34.7 Å². The van der Waals surface area contributed by atoms with Gasteiger partial charge in [-0.25, -0.2) is 14.6 Å². The Balaban J connectivity index is 2.25. The van der Waals surface area contributed by atoms with E-state index < -0.39 is 17.5 Å². The van der Waals surface area contributed by atoms with Gasteiger partial charge in [-0.15, -0.1) is 0 Å². The minimum atomic E-state index is -1.01. The average molecular weight is 292 g/mol. The molecule has 0 bridgehead atoms. The van der Waals surface area contributed by atoms with Gasteiger partial charge >= 0.3 is 11.9 Å². The van der Waals surface area contributed by atoms with E-state index in [1.54, 1.807) is 0 Å². The fourth-order valence-electron chi connectivity index (χ4n) is 2.90. The molecule has 1 aliphatic carbocycles. The van der Waals surface area contributed by atoms with Crippen molar-refractivity contribution in [1.82, 2.24) is 4.98 Å². The largest absolute Gasteiger partial charge is 0.480 e. The number of nitrogens with one attached hydrogen (secondary N) is 1. The zero-order valence-electron chi connectivity index (χ0n) is 12.3. The SMILES string of the molecule is COC(=O)c1ccnc(NC2(C(=O)O)CCCC(C)C2)c1. The molecule has 2 N–H and O–H groups in total. The van der Waals surface area contributed by atoms with Crippen LogP contribution in [-0.2, 0) is 9.53 Å². The van der Waals surface area contributed by atoms with Crippen molar-refractivity contribution in [2.24, 2.45) is 5.92 Å². The van der Waals surface area contributed by atoms with E-state index in [-0.39, 0.29) is 0 Å². The lowest BCUT2D eigenvalue weighted by Crippen LogP contribution is -2.49. The lowest BCUT2D eigenvalue weighted by molar-refractivity contribution is -0.144. The fourth-order valence-corrected chi connectivity index (χ4v) is 2.90. The van der Waals surface area contributed by atoms with Crippen molar-refractivity contribution in [3.63, 3.8) is 0 Å². The molecule has 0 aromatic carbocycles. The number of ether oxygens (including phenoxy) is 1. The molecule has 1 heterocycles. The van der Waals surface area contributed by atoms with E-state index in [2.05, 4.69) is 22.0 Å². The summed E-state index contributed by atoms with van der Waals surface area (Å²) in [6.45, 7) is 2.05. The van der Waals surface area contributed by atoms with Crippen LogP contribution in [0.3, 0.4) is 0 Å². The van der Waals surface area contributed by atoms with Gasteiger partial charge in [0.2, 0.25) is 0 Å². The highest BCUT2D eigenvalue weighted by Crippen LogP contribution is 2.35. The van der Waals surface area contributed by atoms with E-state index >= 15 is 0 Å². The Kier molecular flexibility index (Phi) is 4.45. The second-order valence-electron chi connectivity index (χ2n) is 5.64. The predicted molar refractivity (Wildman–Crippen MR) is 77.2 cm³/mol. The number of anilines is 1. The van der Waals surface area contributed by atoms with Crippen LogP contribution in [0.15, 0.2) is 18.3 Å². The Morgan fingerprint density at radius 3 is 2.90 bits per heavy atom. The Morgan fingerprint density at radius 2 is 2.29 bits per heavy atom. The number of aromatic nitrogens is 1. The highest BCUT2D eigenvalue weighted by molar-refractivity contribution is 5.90. The molecule has 0 aliphatic heterocycles. The molecule has 114 valence electrons. The van der Waals surface area contributed by atoms with Crippen molar-refractivity contribution >= 4 is 17.8 Å². The zero-order chi connectivity index (χ0) is 15.5. The van der Waals surface area contributed by atoms with Crippen molar-refractivity contribution in [3.05, 3.63) is 23.9 Å². The molecule has 0 amide bonds. The monoisotopic (exact) mass is 292 g/mol. The van der Waals surface area contributed by atoms with Gasteiger partial charge in [0.1, 0.15) is 11.4 Å². The van der Waals surface area contributed by atoms with E-state index in [9.17, 15) is 14.7 Å². The first-order valence-corrected chi connectivity index (χ1v) is 7.03. The van der Waals surface area contributed by atoms with Crippen LogP contribution in [0, 0.1) is 5.92 Å². The number of esters is 1. The molecule has 0 spiro atoms. The summed E-state index contributed by atoms with van der Waals surface area (Å²) < 4.78 is 4.66. The summed E-state index contributed by atoms with van der Waals surface area (Å²) in [4.78, 5) is 27.4. The Bertz CT molecular complexity index is 546. The summed E-state index contributed by atoms with van der Waals surface area (Å²) in [5.74, 6) is -0.623. The molecule has 6 nitrogen and oxygen atoms in total. The molecule has 6 heteroatoms. The van der Waals surface area contributed by atoms with Crippen LogP contribution in [0.1, 0.15) is 43.0 Å². The third-order valence-electron chi connectivity index (χ3n) is 3.96. The number of carboxylic acid groups (broad SMARTS) is 1. The molecule has 1 fully saturated rings. The first-order valence-electron chi connectivity index (χ1n) is 7.03. The first-order chi connectivity index (χ1) is 9.97. The standard InChI is InChI=1S/C15H20N2O4/c1-10-4-3-6-15(9-10,14(19)20)17-12-8-11(5-7-16-12)13(18)21-2/h5,7-8,10H,3-4,6,9H2,1-2H3,(H,16,17)(H,19,20). The van der Waals surface area contributed by atoms with Gasteiger partial charge in [-0.3, -0.25) is 0 Å². The number of methoxy groups -OCH3 is 1. The predicted octanol–water partition coefficient (Wildman–Crippen LogP) is 2.31. The number of carbonyl (C=O) groups is 2. The Hall–Kier alpha value is -2.11. The quantitative estimate of drug-likeness (QED) is 0.828. The van der Waals surface area contributed by atoms with Crippen LogP contribution < -0.4 is 5.32 Å². The van der Waals surface area contributed by atoms with Crippen LogP contribution in [0.5, 0.6) is 0 Å². The summed E-state index contributed by atoms with van der Waals surface area (Å²) >= 11 is 0. The molecule has 1 aromatic rings. The van der Waals surface area contributed by atoms with Gasteiger partial charge in [0, 0.05) is 6.20 Å². The average Bonchev–Trinajstić information content (AvgIpc) is 2.46. The Labute approximate surface area is 123 Å². The minimum Gasteiger partial charge on any atom is -0.480 e. The molecular weight excluding hydrogens is 272 g/mol. The maximum atomic E-state index is 11.7. The zero-order valence-corrected chi connectivity index (χ0v) is 12.3. The molecule has 2 unspecified atom stereocenters. The topological polar surface area (TPSA) is 88.5 Å². The number of carbonyl (C=O) groups excluding carboxylic acids is 1. The number of aliphatic carboxylic acids is 1. The van der Waals surface area contributed by atoms with Crippen LogP contribution >= 0.6 is 0 Å². The van der Waals surface area contributed by atoms with Crippen LogP contribution in [0.25, 0.3) is 0 Å². The number of rotatable bonds is 4. The van der Waals surface area contributed by atoms with Crippen molar-refractivity contribution in [2.45, 2.75) is 38.1 Å². The molecule has 1 aromatic heterocycles. The van der Waals surface area contributed by atoms with E-state index in [4.69, 9.17) is 0 Å². The number of carboxylic acids is 1. The smallest absolute Gasteiger partial charge is 0.338 e. The second-order valence-corrected chi connectivity index (χ2v) is 5.64. The highest BCUT2D eigenvalue weighted by atomic mass is 16.5. The summed E-state index contributed by atoms with van der Waals surface area (Å²) in [7, 11) is 1.30. The van der Waals surface area contributed by atoms with Gasteiger partial charge in [0.05, 0.1) is 12.7 Å². The maximum Gasteiger partial charge on any atom is 0.338 e. The van der Waals surface area contributed by atoms with Crippen molar-refractivity contribution in [2.75, 3.05) is 12.4 Å². The summed E-state index contributed by atoms with van der Waals surface area (Å²) in [5.41, 5.74) is -0.668. The summed E-state index contributed by atoms with van der Waals surface area (Å²) in [6, 6.07) is 3.06. The minimum absolute atomic E-state index is 0.339. The third-order valence-corrected chi connectivity index (χ3v) is 3.96. The molecule has 2 rings (SSSR count). The van der Waals surface area contributed by atoms with E-state index in [1.807, 2.05) is 0 Å². The van der Waals surface area contributed by atoms with Crippen LogP contribution in [0.4, 0.5) is 5.82 Å². The van der Waals surface area contributed by atoms with Crippen LogP contribution in [0.2, 0.25) is 0 Å².